The highest BCUT2D eigenvalue weighted by Crippen LogP contribution is 2.27. The van der Waals surface area contributed by atoms with Crippen molar-refractivity contribution in [2.75, 3.05) is 7.11 Å². The van der Waals surface area contributed by atoms with Crippen LogP contribution in [0.25, 0.3) is 16.0 Å². The molecule has 88 valence electrons. The van der Waals surface area contributed by atoms with Gasteiger partial charge in [-0.3, -0.25) is 4.79 Å². The van der Waals surface area contributed by atoms with Crippen LogP contribution in [0.15, 0.2) is 36.5 Å². The molecule has 0 fully saturated rings. The van der Waals surface area contributed by atoms with Crippen LogP contribution >= 0.6 is 0 Å². The molecule has 0 atom stereocenters. The quantitative estimate of drug-likeness (QED) is 0.609. The highest BCUT2D eigenvalue weighted by Gasteiger charge is 2.06. The molecule has 0 aliphatic rings. The maximum Gasteiger partial charge on any atom is 0.212 e. The number of pyridine rings is 1. The van der Waals surface area contributed by atoms with Crippen LogP contribution in [0.2, 0.25) is 0 Å². The number of carbonyl (C=O) groups is 1. The van der Waals surface area contributed by atoms with Gasteiger partial charge in [0, 0.05) is 17.8 Å². The van der Waals surface area contributed by atoms with Crippen molar-refractivity contribution in [2.45, 2.75) is 0 Å². The molecule has 1 aromatic heterocycles. The van der Waals surface area contributed by atoms with E-state index in [4.69, 9.17) is 11.3 Å². The Bertz CT molecular complexity index is 613. The maximum atomic E-state index is 11.0. The van der Waals surface area contributed by atoms with E-state index in [0.717, 1.165) is 11.8 Å². The van der Waals surface area contributed by atoms with Crippen LogP contribution in [0, 0.1) is 6.57 Å². The molecule has 0 saturated carbocycles. The first kappa shape index (κ1) is 11.8. The lowest BCUT2D eigenvalue weighted by Crippen LogP contribution is -1.90. The van der Waals surface area contributed by atoms with Crippen molar-refractivity contribution >= 4 is 12.0 Å². The lowest BCUT2D eigenvalue weighted by Gasteiger charge is -2.06. The molecule has 4 heteroatoms. The third kappa shape index (κ3) is 2.20. The Kier molecular flexibility index (Phi) is 3.35. The summed E-state index contributed by atoms with van der Waals surface area (Å²) >= 11 is 0. The van der Waals surface area contributed by atoms with Gasteiger partial charge in [0.25, 0.3) is 0 Å². The van der Waals surface area contributed by atoms with Crippen molar-refractivity contribution in [3.63, 3.8) is 0 Å². The summed E-state index contributed by atoms with van der Waals surface area (Å²) in [5.41, 5.74) is 2.51. The predicted molar refractivity (Wildman–Crippen MR) is 67.9 cm³/mol. The lowest BCUT2D eigenvalue weighted by molar-refractivity contribution is 0.112. The monoisotopic (exact) mass is 238 g/mol. The fraction of sp³-hybridized carbons (Fsp3) is 0.0714. The van der Waals surface area contributed by atoms with Crippen molar-refractivity contribution in [2.24, 2.45) is 0 Å². The van der Waals surface area contributed by atoms with Crippen LogP contribution in [0.3, 0.4) is 0 Å². The van der Waals surface area contributed by atoms with E-state index in [0.29, 0.717) is 22.7 Å². The molecule has 4 nitrogen and oxygen atoms in total. The van der Waals surface area contributed by atoms with Gasteiger partial charge in [-0.15, -0.1) is 0 Å². The summed E-state index contributed by atoms with van der Waals surface area (Å²) in [6.07, 6.45) is 2.39. The van der Waals surface area contributed by atoms with Crippen molar-refractivity contribution in [1.82, 2.24) is 4.98 Å². The van der Waals surface area contributed by atoms with Crippen LogP contribution in [-0.2, 0) is 0 Å². The average Bonchev–Trinajstić information content (AvgIpc) is 2.46. The second kappa shape index (κ2) is 5.11. The molecule has 1 aromatic carbocycles. The topological polar surface area (TPSA) is 43.5 Å². The van der Waals surface area contributed by atoms with E-state index >= 15 is 0 Å². The van der Waals surface area contributed by atoms with Gasteiger partial charge in [-0.1, -0.05) is 12.1 Å². The molecule has 0 N–H and O–H groups in total. The van der Waals surface area contributed by atoms with Crippen LogP contribution in [-0.4, -0.2) is 18.4 Å². The molecule has 0 saturated heterocycles. The molecule has 0 aliphatic carbocycles. The van der Waals surface area contributed by atoms with Crippen LogP contribution < -0.4 is 4.74 Å². The van der Waals surface area contributed by atoms with E-state index in [1.807, 2.05) is 6.07 Å². The average molecular weight is 238 g/mol. The third-order valence-electron chi connectivity index (χ3n) is 2.55. The van der Waals surface area contributed by atoms with Crippen LogP contribution in [0.5, 0.6) is 5.88 Å². The summed E-state index contributed by atoms with van der Waals surface area (Å²) in [6.45, 7) is 7.00. The first-order chi connectivity index (χ1) is 8.78. The molecule has 0 amide bonds. The van der Waals surface area contributed by atoms with E-state index < -0.39 is 0 Å². The van der Waals surface area contributed by atoms with Gasteiger partial charge in [0.05, 0.1) is 13.7 Å². The third-order valence-corrected chi connectivity index (χ3v) is 2.55. The van der Waals surface area contributed by atoms with Gasteiger partial charge in [-0.25, -0.2) is 9.83 Å². The minimum absolute atomic E-state index is 0.492. The summed E-state index contributed by atoms with van der Waals surface area (Å²) in [5.74, 6) is 0.507. The second-order valence-electron chi connectivity index (χ2n) is 3.59. The highest BCUT2D eigenvalue weighted by atomic mass is 16.5. The zero-order valence-electron chi connectivity index (χ0n) is 9.75. The standard InChI is InChI=1S/C14H10N2O2/c1-15-12-5-3-11(9-17)13(7-12)10-4-6-14(18-2)16-8-10/h3-9H,2H3. The van der Waals surface area contributed by atoms with Crippen molar-refractivity contribution in [3.8, 4) is 17.0 Å². The Labute approximate surface area is 105 Å². The number of rotatable bonds is 3. The van der Waals surface area contributed by atoms with Gasteiger partial charge in [0.2, 0.25) is 5.88 Å². The Balaban J connectivity index is 2.54. The number of aromatic nitrogens is 1. The molecule has 0 bridgehead atoms. The Morgan fingerprint density at radius 1 is 1.33 bits per heavy atom. The van der Waals surface area contributed by atoms with Gasteiger partial charge in [-0.2, -0.15) is 0 Å². The molecule has 2 rings (SSSR count). The van der Waals surface area contributed by atoms with E-state index in [1.54, 1.807) is 37.6 Å². The van der Waals surface area contributed by atoms with E-state index in [1.165, 1.54) is 0 Å². The Hall–Kier alpha value is -2.67. The lowest BCUT2D eigenvalue weighted by atomic mass is 10.0. The zero-order valence-corrected chi connectivity index (χ0v) is 9.75. The summed E-state index contributed by atoms with van der Waals surface area (Å²) in [6, 6.07) is 8.47. The SMILES string of the molecule is [C-]#[N+]c1ccc(C=O)c(-c2ccc(OC)nc2)c1. The highest BCUT2D eigenvalue weighted by molar-refractivity contribution is 5.89. The number of ether oxygens (including phenoxy) is 1. The first-order valence-electron chi connectivity index (χ1n) is 5.25. The van der Waals surface area contributed by atoms with Gasteiger partial charge >= 0.3 is 0 Å². The molecular weight excluding hydrogens is 228 g/mol. The molecule has 0 spiro atoms. The van der Waals surface area contributed by atoms with Crippen molar-refractivity contribution in [3.05, 3.63) is 53.5 Å². The minimum atomic E-state index is 0.492. The molecule has 18 heavy (non-hydrogen) atoms. The minimum Gasteiger partial charge on any atom is -0.481 e. The summed E-state index contributed by atoms with van der Waals surface area (Å²) in [4.78, 5) is 18.4. The zero-order chi connectivity index (χ0) is 13.0. The van der Waals surface area contributed by atoms with Crippen LogP contribution in [0.4, 0.5) is 5.69 Å². The largest absolute Gasteiger partial charge is 0.481 e. The predicted octanol–water partition coefficient (Wildman–Crippen LogP) is 3.12. The van der Waals surface area contributed by atoms with E-state index in [9.17, 15) is 4.79 Å². The first-order valence-corrected chi connectivity index (χ1v) is 5.25. The van der Waals surface area contributed by atoms with Crippen molar-refractivity contribution < 1.29 is 9.53 Å². The molecule has 0 unspecified atom stereocenters. The molecule has 1 heterocycles. The number of aldehydes is 1. The number of carbonyl (C=O) groups excluding carboxylic acids is 1. The number of benzene rings is 1. The smallest absolute Gasteiger partial charge is 0.212 e. The van der Waals surface area contributed by atoms with Gasteiger partial charge in [0.1, 0.15) is 0 Å². The molecule has 0 radical (unpaired) electrons. The van der Waals surface area contributed by atoms with E-state index in [-0.39, 0.29) is 0 Å². The summed E-state index contributed by atoms with van der Waals surface area (Å²) < 4.78 is 4.98. The van der Waals surface area contributed by atoms with Gasteiger partial charge < -0.3 is 4.74 Å². The molecule has 2 aromatic rings. The van der Waals surface area contributed by atoms with Gasteiger partial charge in [-0.05, 0) is 23.3 Å². The van der Waals surface area contributed by atoms with E-state index in [2.05, 4.69) is 9.83 Å². The fourth-order valence-corrected chi connectivity index (χ4v) is 1.63. The fourth-order valence-electron chi connectivity index (χ4n) is 1.63. The molecular formula is C14H10N2O2. The van der Waals surface area contributed by atoms with Crippen LogP contribution in [0.1, 0.15) is 10.4 Å². The van der Waals surface area contributed by atoms with Crippen molar-refractivity contribution in [1.29, 1.82) is 0 Å². The number of methoxy groups -OCH3 is 1. The number of hydrogen-bond donors (Lipinski definition) is 0. The van der Waals surface area contributed by atoms with Gasteiger partial charge in [0.15, 0.2) is 12.0 Å². The normalized spacial score (nSPS) is 9.56. The second-order valence-corrected chi connectivity index (χ2v) is 3.59. The number of nitrogens with zero attached hydrogens (tertiary/aromatic N) is 2. The summed E-state index contributed by atoms with van der Waals surface area (Å²) in [7, 11) is 1.54. The number of hydrogen-bond acceptors (Lipinski definition) is 3. The summed E-state index contributed by atoms with van der Waals surface area (Å²) in [5, 5.41) is 0. The Morgan fingerprint density at radius 3 is 2.72 bits per heavy atom. The Morgan fingerprint density at radius 2 is 2.17 bits per heavy atom. The molecule has 0 aliphatic heterocycles. The maximum absolute atomic E-state index is 11.0.